The van der Waals surface area contributed by atoms with E-state index >= 15 is 0 Å². The third-order valence-electron chi connectivity index (χ3n) is 4.49. The maximum Gasteiger partial charge on any atom is 0.0441 e. The van der Waals surface area contributed by atoms with Crippen LogP contribution in [0.4, 0.5) is 0 Å². The van der Waals surface area contributed by atoms with Crippen molar-refractivity contribution in [3.05, 3.63) is 34.3 Å². The Balaban J connectivity index is 2.26. The summed E-state index contributed by atoms with van der Waals surface area (Å²) in [4.78, 5) is 0. The summed E-state index contributed by atoms with van der Waals surface area (Å²) in [5.74, 6) is 0. The molecule has 0 saturated heterocycles. The second-order valence-electron chi connectivity index (χ2n) is 6.17. The molecule has 1 aliphatic rings. The number of hydrogen-bond acceptors (Lipinski definition) is 1. The zero-order valence-corrected chi connectivity index (χ0v) is 11.8. The highest BCUT2D eigenvalue weighted by Crippen LogP contribution is 2.46. The van der Waals surface area contributed by atoms with Gasteiger partial charge in [-0.2, -0.15) is 0 Å². The molecule has 2 N–H and O–H groups in total. The summed E-state index contributed by atoms with van der Waals surface area (Å²) in [7, 11) is 0. The highest BCUT2D eigenvalue weighted by Gasteiger charge is 2.45. The van der Waals surface area contributed by atoms with Crippen molar-refractivity contribution in [3.63, 3.8) is 0 Å². The van der Waals surface area contributed by atoms with Gasteiger partial charge >= 0.3 is 0 Å². The summed E-state index contributed by atoms with van der Waals surface area (Å²) < 4.78 is 0. The Labute approximate surface area is 109 Å². The topological polar surface area (TPSA) is 26.0 Å². The molecule has 0 amide bonds. The van der Waals surface area contributed by atoms with Gasteiger partial charge in [-0.15, -0.1) is 0 Å². The lowest BCUT2D eigenvalue weighted by Crippen LogP contribution is -2.50. The van der Waals surface area contributed by atoms with Crippen molar-refractivity contribution in [3.8, 4) is 0 Å². The molecule has 2 heteroatoms. The van der Waals surface area contributed by atoms with E-state index in [1.165, 1.54) is 24.0 Å². The van der Waals surface area contributed by atoms with Gasteiger partial charge in [-0.1, -0.05) is 44.0 Å². The first-order chi connectivity index (χ1) is 7.84. The lowest BCUT2D eigenvalue weighted by Gasteiger charge is -2.38. The predicted molar refractivity (Wildman–Crippen MR) is 74.4 cm³/mol. The molecule has 0 heterocycles. The van der Waals surface area contributed by atoms with Crippen LogP contribution >= 0.6 is 11.6 Å². The molecular weight excluding hydrogens is 230 g/mol. The van der Waals surface area contributed by atoms with Crippen molar-refractivity contribution in [1.29, 1.82) is 0 Å². The monoisotopic (exact) mass is 251 g/mol. The third kappa shape index (κ3) is 2.36. The molecule has 0 aliphatic heterocycles. The van der Waals surface area contributed by atoms with E-state index in [9.17, 15) is 0 Å². The Morgan fingerprint density at radius 3 is 2.53 bits per heavy atom. The Morgan fingerprint density at radius 2 is 2.00 bits per heavy atom. The van der Waals surface area contributed by atoms with Crippen molar-refractivity contribution in [2.45, 2.75) is 52.0 Å². The molecule has 0 bridgehead atoms. The van der Waals surface area contributed by atoms with Gasteiger partial charge in [0.25, 0.3) is 0 Å². The normalized spacial score (nSPS) is 27.4. The number of halogens is 1. The van der Waals surface area contributed by atoms with Gasteiger partial charge in [0.1, 0.15) is 0 Å². The van der Waals surface area contributed by atoms with E-state index in [4.69, 9.17) is 17.3 Å². The molecule has 1 aliphatic carbocycles. The van der Waals surface area contributed by atoms with Gasteiger partial charge in [-0.3, -0.25) is 0 Å². The molecule has 1 fully saturated rings. The molecule has 0 radical (unpaired) electrons. The summed E-state index contributed by atoms with van der Waals surface area (Å²) in [6.07, 6.45) is 4.43. The quantitative estimate of drug-likeness (QED) is 0.842. The van der Waals surface area contributed by atoms with Crippen molar-refractivity contribution in [2.75, 3.05) is 0 Å². The second-order valence-corrected chi connectivity index (χ2v) is 6.57. The summed E-state index contributed by atoms with van der Waals surface area (Å²) in [6, 6.07) is 6.27. The minimum Gasteiger partial charge on any atom is -0.324 e. The molecule has 1 atom stereocenters. The number of rotatable bonds is 2. The Kier molecular flexibility index (Phi) is 3.26. The van der Waals surface area contributed by atoms with E-state index in [2.05, 4.69) is 32.9 Å². The Hall–Kier alpha value is -0.530. The molecule has 1 nitrogen and oxygen atoms in total. The van der Waals surface area contributed by atoms with Crippen LogP contribution in [0.25, 0.3) is 0 Å². The third-order valence-corrected chi connectivity index (χ3v) is 4.84. The molecule has 1 aromatic carbocycles. The molecule has 1 saturated carbocycles. The van der Waals surface area contributed by atoms with Gasteiger partial charge < -0.3 is 5.73 Å². The van der Waals surface area contributed by atoms with Gasteiger partial charge in [0.05, 0.1) is 0 Å². The highest BCUT2D eigenvalue weighted by atomic mass is 35.5. The first-order valence-corrected chi connectivity index (χ1v) is 6.76. The Morgan fingerprint density at radius 1 is 1.29 bits per heavy atom. The first kappa shape index (κ1) is 12.9. The fraction of sp³-hybridized carbons (Fsp3) is 0.600. The zero-order valence-electron chi connectivity index (χ0n) is 11.0. The smallest absolute Gasteiger partial charge is 0.0441 e. The van der Waals surface area contributed by atoms with E-state index in [-0.39, 0.29) is 11.0 Å². The molecule has 0 spiro atoms. The molecular formula is C15H22ClN. The number of benzene rings is 1. The summed E-state index contributed by atoms with van der Waals surface area (Å²) in [5.41, 5.74) is 9.12. The van der Waals surface area contributed by atoms with Gasteiger partial charge in [0.15, 0.2) is 0 Å². The molecule has 94 valence electrons. The van der Waals surface area contributed by atoms with Crippen molar-refractivity contribution in [2.24, 2.45) is 11.1 Å². The van der Waals surface area contributed by atoms with Crippen LogP contribution in [0.15, 0.2) is 18.2 Å². The molecule has 2 rings (SSSR count). The van der Waals surface area contributed by atoms with Crippen LogP contribution in [-0.4, -0.2) is 5.54 Å². The lowest BCUT2D eigenvalue weighted by molar-refractivity contribution is 0.207. The van der Waals surface area contributed by atoms with E-state index in [0.717, 1.165) is 17.9 Å². The first-order valence-electron chi connectivity index (χ1n) is 6.38. The van der Waals surface area contributed by atoms with Gasteiger partial charge in [0.2, 0.25) is 0 Å². The molecule has 1 aromatic rings. The maximum absolute atomic E-state index is 6.62. The predicted octanol–water partition coefficient (Wildman–Crippen LogP) is 4.10. The SMILES string of the molecule is Cc1ccc(CC2(N)CCCC2(C)C)c(Cl)c1. The lowest BCUT2D eigenvalue weighted by atomic mass is 9.72. The van der Waals surface area contributed by atoms with E-state index in [1.54, 1.807) is 0 Å². The minimum absolute atomic E-state index is 0.105. The summed E-state index contributed by atoms with van der Waals surface area (Å²) in [6.45, 7) is 6.62. The molecule has 17 heavy (non-hydrogen) atoms. The molecule has 0 aromatic heterocycles. The molecule has 1 unspecified atom stereocenters. The fourth-order valence-corrected chi connectivity index (χ4v) is 3.20. The average molecular weight is 252 g/mol. The van der Waals surface area contributed by atoms with Gasteiger partial charge in [-0.05, 0) is 48.8 Å². The van der Waals surface area contributed by atoms with Crippen molar-refractivity contribution < 1.29 is 0 Å². The number of aryl methyl sites for hydroxylation is 1. The van der Waals surface area contributed by atoms with Crippen molar-refractivity contribution >= 4 is 11.6 Å². The fourth-order valence-electron chi connectivity index (χ4n) is 2.90. The summed E-state index contributed by atoms with van der Waals surface area (Å²) in [5, 5.41) is 0.859. The van der Waals surface area contributed by atoms with Crippen LogP contribution in [0.5, 0.6) is 0 Å². The average Bonchev–Trinajstić information content (AvgIpc) is 2.46. The van der Waals surface area contributed by atoms with Crippen LogP contribution in [0.3, 0.4) is 0 Å². The minimum atomic E-state index is -0.105. The number of hydrogen-bond donors (Lipinski definition) is 1. The van der Waals surface area contributed by atoms with E-state index in [1.807, 2.05) is 6.07 Å². The van der Waals surface area contributed by atoms with Gasteiger partial charge in [0, 0.05) is 10.6 Å². The van der Waals surface area contributed by atoms with Crippen LogP contribution < -0.4 is 5.73 Å². The van der Waals surface area contributed by atoms with Gasteiger partial charge in [-0.25, -0.2) is 0 Å². The van der Waals surface area contributed by atoms with Crippen molar-refractivity contribution in [1.82, 2.24) is 0 Å². The zero-order chi connectivity index (χ0) is 12.7. The van der Waals surface area contributed by atoms with Crippen LogP contribution in [0, 0.1) is 12.3 Å². The van der Waals surface area contributed by atoms with E-state index < -0.39 is 0 Å². The largest absolute Gasteiger partial charge is 0.324 e. The van der Waals surface area contributed by atoms with Crippen LogP contribution in [0.2, 0.25) is 5.02 Å². The Bertz CT molecular complexity index is 425. The highest BCUT2D eigenvalue weighted by molar-refractivity contribution is 6.31. The van der Waals surface area contributed by atoms with Crippen LogP contribution in [-0.2, 0) is 6.42 Å². The second kappa shape index (κ2) is 4.29. The van der Waals surface area contributed by atoms with Crippen LogP contribution in [0.1, 0.15) is 44.2 Å². The summed E-state index contributed by atoms with van der Waals surface area (Å²) >= 11 is 6.31. The number of nitrogens with two attached hydrogens (primary N) is 1. The maximum atomic E-state index is 6.62. The van der Waals surface area contributed by atoms with E-state index in [0.29, 0.717) is 0 Å². The standard InChI is InChI=1S/C15H22ClN/c1-11-5-6-12(13(16)9-11)10-15(17)8-4-7-14(15,2)3/h5-6,9H,4,7-8,10,17H2,1-3H3.